The molecule has 6 nitrogen and oxygen atoms in total. The van der Waals surface area contributed by atoms with Crippen LogP contribution < -0.4 is 10.6 Å². The first-order valence-corrected chi connectivity index (χ1v) is 8.08. The number of hydrogen-bond donors (Lipinski definition) is 2. The molecule has 0 aromatic carbocycles. The molecule has 0 radical (unpaired) electrons. The van der Waals surface area contributed by atoms with Gasteiger partial charge in [0.1, 0.15) is 0 Å². The molecule has 1 unspecified atom stereocenters. The normalized spacial score (nSPS) is 18.1. The van der Waals surface area contributed by atoms with E-state index in [9.17, 15) is 9.59 Å². The van der Waals surface area contributed by atoms with Gasteiger partial charge in [0.2, 0.25) is 11.8 Å². The van der Waals surface area contributed by atoms with Gasteiger partial charge < -0.3 is 15.4 Å². The smallest absolute Gasteiger partial charge is 0.239 e. The van der Waals surface area contributed by atoms with Crippen LogP contribution in [0.5, 0.6) is 0 Å². The van der Waals surface area contributed by atoms with Gasteiger partial charge in [-0.25, -0.2) is 0 Å². The fourth-order valence-corrected chi connectivity index (χ4v) is 2.40. The third-order valence-corrected chi connectivity index (χ3v) is 3.88. The summed E-state index contributed by atoms with van der Waals surface area (Å²) in [5.74, 6) is 0.190. The molecule has 1 aliphatic heterocycles. The highest BCUT2D eigenvalue weighted by Gasteiger charge is 2.25. The Morgan fingerprint density at radius 1 is 1.14 bits per heavy atom. The lowest BCUT2D eigenvalue weighted by Crippen LogP contribution is -2.52. The molecule has 1 aliphatic rings. The molecule has 0 aromatic rings. The first-order chi connectivity index (χ1) is 10.2. The quantitative estimate of drug-likeness (QED) is 0.754. The average molecular weight is 313 g/mol. The number of nitrogens with one attached hydrogen (secondary N) is 2. The largest absolute Gasteiger partial charge is 0.379 e. The van der Waals surface area contributed by atoms with Crippen LogP contribution >= 0.6 is 0 Å². The van der Waals surface area contributed by atoms with Crippen molar-refractivity contribution in [2.24, 2.45) is 11.3 Å². The molecule has 1 fully saturated rings. The van der Waals surface area contributed by atoms with Crippen molar-refractivity contribution in [1.29, 1.82) is 0 Å². The molecule has 128 valence electrons. The Labute approximate surface area is 134 Å². The minimum atomic E-state index is -0.478. The number of amides is 2. The van der Waals surface area contributed by atoms with Gasteiger partial charge >= 0.3 is 0 Å². The summed E-state index contributed by atoms with van der Waals surface area (Å²) in [6.07, 6.45) is 0. The van der Waals surface area contributed by atoms with Gasteiger partial charge in [-0.1, -0.05) is 34.6 Å². The maximum absolute atomic E-state index is 11.9. The Morgan fingerprint density at radius 3 is 2.23 bits per heavy atom. The van der Waals surface area contributed by atoms with E-state index in [0.717, 1.165) is 26.3 Å². The molecule has 0 spiro atoms. The Hall–Kier alpha value is -1.14. The van der Waals surface area contributed by atoms with Crippen LogP contribution in [0, 0.1) is 11.3 Å². The average Bonchev–Trinajstić information content (AvgIpc) is 2.44. The van der Waals surface area contributed by atoms with Crippen LogP contribution in [-0.4, -0.2) is 62.1 Å². The second-order valence-corrected chi connectivity index (χ2v) is 7.20. The Kier molecular flexibility index (Phi) is 7.29. The molecule has 22 heavy (non-hydrogen) atoms. The molecule has 1 heterocycles. The summed E-state index contributed by atoms with van der Waals surface area (Å²) in [4.78, 5) is 26.0. The summed E-state index contributed by atoms with van der Waals surface area (Å²) in [6.45, 7) is 13.7. The third kappa shape index (κ3) is 6.32. The number of nitrogens with zero attached hydrogens (tertiary/aromatic N) is 1. The standard InChI is InChI=1S/C16H31N3O3/c1-12(2)13(19-6-8-22-9-7-19)10-17-14(20)11-18-15(21)16(3,4)5/h12-13H,6-11H2,1-5H3,(H,17,20)(H,18,21). The summed E-state index contributed by atoms with van der Waals surface area (Å²) >= 11 is 0. The minimum absolute atomic E-state index is 0.0318. The molecule has 0 aromatic heterocycles. The van der Waals surface area contributed by atoms with Gasteiger partial charge in [-0.3, -0.25) is 14.5 Å². The summed E-state index contributed by atoms with van der Waals surface area (Å²) in [5, 5.41) is 5.60. The van der Waals surface area contributed by atoms with E-state index >= 15 is 0 Å². The summed E-state index contributed by atoms with van der Waals surface area (Å²) in [7, 11) is 0. The third-order valence-electron chi connectivity index (χ3n) is 3.88. The fraction of sp³-hybridized carbons (Fsp3) is 0.875. The molecule has 1 rings (SSSR count). The van der Waals surface area contributed by atoms with E-state index in [2.05, 4.69) is 29.4 Å². The molecule has 1 saturated heterocycles. The van der Waals surface area contributed by atoms with Crippen LogP contribution in [0.15, 0.2) is 0 Å². The Morgan fingerprint density at radius 2 is 1.73 bits per heavy atom. The van der Waals surface area contributed by atoms with E-state index in [1.165, 1.54) is 0 Å². The number of morpholine rings is 1. The first-order valence-electron chi connectivity index (χ1n) is 8.08. The lowest BCUT2D eigenvalue weighted by molar-refractivity contribution is -0.131. The Bertz CT molecular complexity index is 371. The van der Waals surface area contributed by atoms with Crippen molar-refractivity contribution in [1.82, 2.24) is 15.5 Å². The summed E-state index contributed by atoms with van der Waals surface area (Å²) in [5.41, 5.74) is -0.478. The van der Waals surface area contributed by atoms with Crippen LogP contribution in [0.4, 0.5) is 0 Å². The molecule has 2 N–H and O–H groups in total. The highest BCUT2D eigenvalue weighted by atomic mass is 16.5. The van der Waals surface area contributed by atoms with Crippen LogP contribution in [0.25, 0.3) is 0 Å². The second-order valence-electron chi connectivity index (χ2n) is 7.20. The zero-order chi connectivity index (χ0) is 16.8. The van der Waals surface area contributed by atoms with Gasteiger partial charge in [0.05, 0.1) is 19.8 Å². The molecule has 0 saturated carbocycles. The van der Waals surface area contributed by atoms with E-state index in [4.69, 9.17) is 4.74 Å². The molecular formula is C16H31N3O3. The van der Waals surface area contributed by atoms with Crippen molar-refractivity contribution < 1.29 is 14.3 Å². The van der Waals surface area contributed by atoms with E-state index in [0.29, 0.717) is 18.5 Å². The molecule has 1 atom stereocenters. The van der Waals surface area contributed by atoms with Crippen LogP contribution in [0.3, 0.4) is 0 Å². The van der Waals surface area contributed by atoms with Crippen molar-refractivity contribution in [3.05, 3.63) is 0 Å². The van der Waals surface area contributed by atoms with E-state index in [1.807, 2.05) is 20.8 Å². The van der Waals surface area contributed by atoms with Crippen molar-refractivity contribution >= 4 is 11.8 Å². The molecule has 0 aliphatic carbocycles. The van der Waals surface area contributed by atoms with E-state index in [1.54, 1.807) is 0 Å². The molecular weight excluding hydrogens is 282 g/mol. The fourth-order valence-electron chi connectivity index (χ4n) is 2.40. The van der Waals surface area contributed by atoms with Gasteiger partial charge in [0.25, 0.3) is 0 Å². The number of carbonyl (C=O) groups is 2. The van der Waals surface area contributed by atoms with Gasteiger partial charge in [-0.05, 0) is 5.92 Å². The highest BCUT2D eigenvalue weighted by Crippen LogP contribution is 2.13. The number of rotatable bonds is 6. The van der Waals surface area contributed by atoms with Crippen molar-refractivity contribution in [3.63, 3.8) is 0 Å². The van der Waals surface area contributed by atoms with Gasteiger partial charge in [0.15, 0.2) is 0 Å². The first kappa shape index (κ1) is 18.9. The highest BCUT2D eigenvalue weighted by molar-refractivity contribution is 5.87. The van der Waals surface area contributed by atoms with Crippen molar-refractivity contribution in [2.75, 3.05) is 39.4 Å². The van der Waals surface area contributed by atoms with E-state index in [-0.39, 0.29) is 18.4 Å². The maximum Gasteiger partial charge on any atom is 0.239 e. The van der Waals surface area contributed by atoms with Crippen LogP contribution in [0.2, 0.25) is 0 Å². The van der Waals surface area contributed by atoms with Gasteiger partial charge in [-0.2, -0.15) is 0 Å². The van der Waals surface area contributed by atoms with E-state index < -0.39 is 5.41 Å². The lowest BCUT2D eigenvalue weighted by atomic mass is 9.96. The summed E-state index contributed by atoms with van der Waals surface area (Å²) in [6, 6.07) is 0.297. The molecule has 0 bridgehead atoms. The minimum Gasteiger partial charge on any atom is -0.379 e. The zero-order valence-electron chi connectivity index (χ0n) is 14.6. The number of ether oxygens (including phenoxy) is 1. The van der Waals surface area contributed by atoms with Crippen molar-refractivity contribution in [3.8, 4) is 0 Å². The number of hydrogen-bond acceptors (Lipinski definition) is 4. The maximum atomic E-state index is 11.9. The number of carbonyl (C=O) groups excluding carboxylic acids is 2. The predicted molar refractivity (Wildman–Crippen MR) is 86.5 cm³/mol. The van der Waals surface area contributed by atoms with Gasteiger partial charge in [-0.15, -0.1) is 0 Å². The predicted octanol–water partition coefficient (Wildman–Crippen LogP) is 0.622. The topological polar surface area (TPSA) is 70.7 Å². The lowest BCUT2D eigenvalue weighted by Gasteiger charge is -2.36. The zero-order valence-corrected chi connectivity index (χ0v) is 14.6. The molecule has 6 heteroatoms. The van der Waals surface area contributed by atoms with Gasteiger partial charge in [0, 0.05) is 31.1 Å². The molecule has 2 amide bonds. The second kappa shape index (κ2) is 8.48. The Balaban J connectivity index is 2.38. The van der Waals surface area contributed by atoms with Crippen molar-refractivity contribution in [2.45, 2.75) is 40.7 Å². The van der Waals surface area contributed by atoms with Crippen LogP contribution in [-0.2, 0) is 14.3 Å². The SMILES string of the molecule is CC(C)C(CNC(=O)CNC(=O)C(C)(C)C)N1CCOCC1. The van der Waals surface area contributed by atoms with Crippen LogP contribution in [0.1, 0.15) is 34.6 Å². The summed E-state index contributed by atoms with van der Waals surface area (Å²) < 4.78 is 5.38. The monoisotopic (exact) mass is 313 g/mol.